The molecule has 0 spiro atoms. The molecule has 41 heavy (non-hydrogen) atoms. The highest BCUT2D eigenvalue weighted by atomic mass is 79.9. The van der Waals surface area contributed by atoms with Gasteiger partial charge in [-0.25, -0.2) is 4.98 Å². The Hall–Kier alpha value is -2.66. The van der Waals surface area contributed by atoms with E-state index in [4.69, 9.17) is 23.1 Å². The quantitative estimate of drug-likeness (QED) is 0.0932. The van der Waals surface area contributed by atoms with Crippen molar-refractivity contribution in [2.45, 2.75) is 45.3 Å². The zero-order valence-electron chi connectivity index (χ0n) is 24.4. The molecule has 0 bridgehead atoms. The molecule has 4 rings (SSSR count). The monoisotopic (exact) mass is 703 g/mol. The zero-order valence-corrected chi connectivity index (χ0v) is 28.6. The molecule has 0 fully saturated rings. The number of rotatable bonds is 10. The van der Waals surface area contributed by atoms with Crippen LogP contribution >= 0.6 is 31.9 Å². The van der Waals surface area contributed by atoms with E-state index in [0.29, 0.717) is 73.8 Å². The summed E-state index contributed by atoms with van der Waals surface area (Å²) < 4.78 is 31.1. The van der Waals surface area contributed by atoms with Crippen LogP contribution in [0.2, 0.25) is 18.1 Å². The van der Waals surface area contributed by atoms with Crippen LogP contribution in [0.15, 0.2) is 66.9 Å². The number of hydrogen-bond donors (Lipinski definition) is 0. The first-order valence-electron chi connectivity index (χ1n) is 13.2. The van der Waals surface area contributed by atoms with Crippen LogP contribution in [-0.2, 0) is 10.8 Å². The summed E-state index contributed by atoms with van der Waals surface area (Å²) in [5, 5.41) is 0.585. The molecule has 0 saturated carbocycles. The number of ether oxygens (including phenoxy) is 3. The molecule has 0 aliphatic heterocycles. The summed E-state index contributed by atoms with van der Waals surface area (Å²) in [7, 11) is 1.27. The van der Waals surface area contributed by atoms with E-state index in [2.05, 4.69) is 70.7 Å². The van der Waals surface area contributed by atoms with Crippen LogP contribution < -0.4 is 19.6 Å². The van der Waals surface area contributed by atoms with Crippen LogP contribution in [0.1, 0.15) is 31.9 Å². The van der Waals surface area contributed by atoms with Crippen LogP contribution in [0.4, 0.5) is 0 Å². The summed E-state index contributed by atoms with van der Waals surface area (Å²) in [6.45, 7) is 11.9. The van der Waals surface area contributed by atoms with Crippen molar-refractivity contribution in [3.63, 3.8) is 0 Å². The number of halogens is 2. The summed E-state index contributed by atoms with van der Waals surface area (Å²) in [4.78, 5) is 18.3. The van der Waals surface area contributed by atoms with Gasteiger partial charge in [0, 0.05) is 34.3 Å². The van der Waals surface area contributed by atoms with Gasteiger partial charge in [0.2, 0.25) is 0 Å². The van der Waals surface area contributed by atoms with E-state index >= 15 is 0 Å². The van der Waals surface area contributed by atoms with Gasteiger partial charge in [-0.1, -0.05) is 26.8 Å². The van der Waals surface area contributed by atoms with Crippen LogP contribution in [0, 0.1) is 0 Å². The molecule has 0 amide bonds. The normalized spacial score (nSPS) is 12.0. The Labute approximate surface area is 258 Å². The van der Waals surface area contributed by atoms with Crippen LogP contribution in [0.25, 0.3) is 22.3 Å². The number of nitrogens with zero attached hydrogens (tertiary/aromatic N) is 1. The van der Waals surface area contributed by atoms with Gasteiger partial charge in [-0.3, -0.25) is 4.79 Å². The topological polar surface area (TPSA) is 80.0 Å². The molecule has 4 aromatic rings. The lowest BCUT2D eigenvalue weighted by molar-refractivity contribution is 0.203. The Morgan fingerprint density at radius 2 is 1.68 bits per heavy atom. The van der Waals surface area contributed by atoms with Crippen molar-refractivity contribution >= 4 is 51.1 Å². The van der Waals surface area contributed by atoms with E-state index in [1.54, 1.807) is 50.7 Å². The summed E-state index contributed by atoms with van der Waals surface area (Å²) in [5.41, 5.74) is 2.30. The number of fused-ring (bicyclic) bond motifs is 1. The molecule has 2 heterocycles. The van der Waals surface area contributed by atoms with Crippen LogP contribution in [0.5, 0.6) is 17.2 Å². The zero-order chi connectivity index (χ0) is 29.9. The Bertz CT molecular complexity index is 1610. The smallest absolute Gasteiger partial charge is 0.196 e. The Kier molecular flexibility index (Phi) is 9.68. The second-order valence-corrected chi connectivity index (χ2v) is 17.6. The highest BCUT2D eigenvalue weighted by Gasteiger charge is 2.37. The van der Waals surface area contributed by atoms with E-state index in [1.165, 1.54) is 0 Å². The van der Waals surface area contributed by atoms with Crippen molar-refractivity contribution in [2.75, 3.05) is 27.4 Å². The summed E-state index contributed by atoms with van der Waals surface area (Å²) in [6.07, 6.45) is 2.01. The average molecular weight is 706 g/mol. The van der Waals surface area contributed by atoms with Crippen molar-refractivity contribution in [2.24, 2.45) is 0 Å². The van der Waals surface area contributed by atoms with Crippen molar-refractivity contribution in [3.05, 3.63) is 79.1 Å². The largest absolute Gasteiger partial charge is 0.493 e. The maximum absolute atomic E-state index is 14.0. The molecule has 2 aromatic carbocycles. The second kappa shape index (κ2) is 12.7. The van der Waals surface area contributed by atoms with E-state index in [-0.39, 0.29) is 10.5 Å². The molecule has 218 valence electrons. The highest BCUT2D eigenvalue weighted by molar-refractivity contribution is 9.10. The number of benzene rings is 2. The fourth-order valence-electron chi connectivity index (χ4n) is 4.12. The molecule has 0 aliphatic rings. The molecular formula is C31H35Br2NO6Si. The predicted octanol–water partition coefficient (Wildman–Crippen LogP) is 8.39. The van der Waals surface area contributed by atoms with Gasteiger partial charge in [0.1, 0.15) is 28.3 Å². The summed E-state index contributed by atoms with van der Waals surface area (Å²) in [6, 6.07) is 12.7. The lowest BCUT2D eigenvalue weighted by Gasteiger charge is -2.36. The number of aromatic nitrogens is 1. The first-order chi connectivity index (χ1) is 19.4. The van der Waals surface area contributed by atoms with E-state index < -0.39 is 8.32 Å². The minimum atomic E-state index is -1.87. The predicted molar refractivity (Wildman–Crippen MR) is 172 cm³/mol. The van der Waals surface area contributed by atoms with Gasteiger partial charge < -0.3 is 23.1 Å². The Balaban J connectivity index is 1.77. The molecule has 0 aliphatic carbocycles. The van der Waals surface area contributed by atoms with Gasteiger partial charge in [-0.2, -0.15) is 0 Å². The lowest BCUT2D eigenvalue weighted by Crippen LogP contribution is -2.41. The van der Waals surface area contributed by atoms with Gasteiger partial charge in [-0.15, -0.1) is 0 Å². The molecule has 0 unspecified atom stereocenters. The van der Waals surface area contributed by atoms with Gasteiger partial charge in [0.15, 0.2) is 25.2 Å². The van der Waals surface area contributed by atoms with Crippen molar-refractivity contribution in [1.82, 2.24) is 4.98 Å². The summed E-state index contributed by atoms with van der Waals surface area (Å²) in [5.74, 6) is 2.09. The molecule has 2 aromatic heterocycles. The Morgan fingerprint density at radius 3 is 2.34 bits per heavy atom. The first kappa shape index (κ1) is 31.3. The van der Waals surface area contributed by atoms with Crippen molar-refractivity contribution in [1.29, 1.82) is 0 Å². The third-order valence-corrected chi connectivity index (χ3v) is 13.4. The second-order valence-electron chi connectivity index (χ2n) is 11.2. The number of methoxy groups -OCH3 is 2. The first-order valence-corrected chi connectivity index (χ1v) is 17.7. The van der Waals surface area contributed by atoms with Crippen LogP contribution in [0.3, 0.4) is 0 Å². The molecule has 7 nitrogen and oxygen atoms in total. The SMILES string of the molecule is COc1cc(Br)c(-c2oc3cc(OCCO[Si](C)(C)C(C)(C)C)ccc3c(=O)c2Cc2cccnc2Br)cc1OC. The Morgan fingerprint density at radius 1 is 0.976 bits per heavy atom. The third kappa shape index (κ3) is 6.88. The molecule has 0 saturated heterocycles. The number of hydrogen-bond acceptors (Lipinski definition) is 7. The summed E-state index contributed by atoms with van der Waals surface area (Å²) >= 11 is 7.16. The van der Waals surface area contributed by atoms with Gasteiger partial charge in [-0.05, 0) is 85.9 Å². The standard InChI is InChI=1S/C31H35Br2NO6Si/c1-31(2,3)41(6,7)39-14-13-38-20-10-11-21-25(16-20)40-29(22-17-26(36-4)27(37-5)18-24(22)32)23(28(21)35)15-19-9-8-12-34-30(19)33/h8-12,16-18H,13-15H2,1-7H3. The molecular weight excluding hydrogens is 670 g/mol. The van der Waals surface area contributed by atoms with E-state index in [9.17, 15) is 4.79 Å². The third-order valence-electron chi connectivity index (χ3n) is 7.50. The minimum absolute atomic E-state index is 0.122. The van der Waals surface area contributed by atoms with Gasteiger partial charge >= 0.3 is 0 Å². The van der Waals surface area contributed by atoms with Gasteiger partial charge in [0.05, 0.1) is 26.2 Å². The van der Waals surface area contributed by atoms with Gasteiger partial charge in [0.25, 0.3) is 0 Å². The molecule has 10 heteroatoms. The lowest BCUT2D eigenvalue weighted by atomic mass is 9.99. The number of pyridine rings is 1. The van der Waals surface area contributed by atoms with Crippen molar-refractivity contribution in [3.8, 4) is 28.6 Å². The molecule has 0 radical (unpaired) electrons. The fraction of sp³-hybridized carbons (Fsp3) is 0.355. The maximum Gasteiger partial charge on any atom is 0.196 e. The van der Waals surface area contributed by atoms with Crippen LogP contribution in [-0.4, -0.2) is 40.7 Å². The van der Waals surface area contributed by atoms with E-state index in [0.717, 1.165) is 5.56 Å². The minimum Gasteiger partial charge on any atom is -0.493 e. The van der Waals surface area contributed by atoms with E-state index in [1.807, 2.05) is 12.1 Å². The maximum atomic E-state index is 14.0. The molecule has 0 atom stereocenters. The molecule has 0 N–H and O–H groups in total. The average Bonchev–Trinajstić information content (AvgIpc) is 2.92. The van der Waals surface area contributed by atoms with Crippen molar-refractivity contribution < 1.29 is 23.1 Å². The fourth-order valence-corrected chi connectivity index (χ4v) is 6.04. The highest BCUT2D eigenvalue weighted by Crippen LogP contribution is 2.41.